The number of hydrogen-bond acceptors (Lipinski definition) is 5. The second-order valence-corrected chi connectivity index (χ2v) is 8.53. The summed E-state index contributed by atoms with van der Waals surface area (Å²) in [5, 5.41) is 12.4. The van der Waals surface area contributed by atoms with E-state index in [9.17, 15) is 4.79 Å². The Morgan fingerprint density at radius 3 is 2.90 bits per heavy atom. The van der Waals surface area contributed by atoms with Gasteiger partial charge in [-0.05, 0) is 30.4 Å². The number of aromatic nitrogens is 3. The number of likely N-dealkylation sites (tertiary alicyclic amines) is 1. The number of hydrogen-bond donors (Lipinski definition) is 1. The van der Waals surface area contributed by atoms with Crippen molar-refractivity contribution in [1.82, 2.24) is 29.9 Å². The van der Waals surface area contributed by atoms with E-state index in [1.165, 1.54) is 11.1 Å². The number of piperidine rings is 1. The maximum atomic E-state index is 13.1. The molecular weight excluding hydrogens is 364 g/mol. The van der Waals surface area contributed by atoms with E-state index in [2.05, 4.69) is 54.1 Å². The van der Waals surface area contributed by atoms with Crippen LogP contribution in [0.1, 0.15) is 41.5 Å². The van der Waals surface area contributed by atoms with Gasteiger partial charge in [0.25, 0.3) is 0 Å². The van der Waals surface area contributed by atoms with Crippen molar-refractivity contribution in [3.8, 4) is 0 Å². The Balaban J connectivity index is 1.23. The number of carbonyl (C=O) groups is 1. The minimum atomic E-state index is 0.256. The van der Waals surface area contributed by atoms with Gasteiger partial charge in [-0.15, -0.1) is 10.2 Å². The molecule has 1 amide bonds. The van der Waals surface area contributed by atoms with Gasteiger partial charge in [0.1, 0.15) is 11.6 Å². The largest absolute Gasteiger partial charge is 0.341 e. The first-order valence-electron chi connectivity index (χ1n) is 11.0. The van der Waals surface area contributed by atoms with Crippen LogP contribution in [0.3, 0.4) is 0 Å². The fourth-order valence-corrected chi connectivity index (χ4v) is 4.99. The van der Waals surface area contributed by atoms with Crippen LogP contribution in [-0.4, -0.2) is 69.7 Å². The van der Waals surface area contributed by atoms with Gasteiger partial charge in [-0.25, -0.2) is 0 Å². The van der Waals surface area contributed by atoms with Gasteiger partial charge in [-0.1, -0.05) is 24.3 Å². The molecule has 0 spiro atoms. The zero-order chi connectivity index (χ0) is 19.6. The van der Waals surface area contributed by atoms with E-state index in [0.29, 0.717) is 12.5 Å². The summed E-state index contributed by atoms with van der Waals surface area (Å²) in [4.78, 5) is 17.4. The molecule has 1 saturated heterocycles. The number of nitrogens with zero attached hydrogens (tertiary/aromatic N) is 5. The lowest BCUT2D eigenvalue weighted by Gasteiger charge is -2.35. The van der Waals surface area contributed by atoms with E-state index in [-0.39, 0.29) is 5.91 Å². The summed E-state index contributed by atoms with van der Waals surface area (Å²) < 4.78 is 2.29. The molecule has 0 saturated carbocycles. The smallest absolute Gasteiger partial charge is 0.236 e. The van der Waals surface area contributed by atoms with Gasteiger partial charge >= 0.3 is 0 Å². The molecule has 7 heteroatoms. The van der Waals surface area contributed by atoms with E-state index >= 15 is 0 Å². The van der Waals surface area contributed by atoms with Crippen molar-refractivity contribution in [3.05, 3.63) is 47.0 Å². The molecule has 1 fully saturated rings. The van der Waals surface area contributed by atoms with Crippen LogP contribution in [0.25, 0.3) is 0 Å². The highest BCUT2D eigenvalue weighted by Crippen LogP contribution is 2.27. The lowest BCUT2D eigenvalue weighted by molar-refractivity contribution is -0.133. The van der Waals surface area contributed by atoms with Crippen LogP contribution in [0, 0.1) is 0 Å². The standard InChI is InChI=1S/C22H30N6O/c29-21(16-26-12-8-17-4-1-2-5-18(17)14-26)27-11-3-6-19(15-27)22-25-24-20-7-9-23-10-13-28(20)22/h1-2,4-5,19,23H,3,6-16H2/t19-/m1/s1. The predicted octanol–water partition coefficient (Wildman–Crippen LogP) is 1.19. The predicted molar refractivity (Wildman–Crippen MR) is 111 cm³/mol. The number of benzene rings is 1. The molecule has 7 nitrogen and oxygen atoms in total. The number of nitrogens with one attached hydrogen (secondary N) is 1. The highest BCUT2D eigenvalue weighted by atomic mass is 16.2. The maximum Gasteiger partial charge on any atom is 0.236 e. The molecule has 3 aliphatic rings. The van der Waals surface area contributed by atoms with E-state index in [4.69, 9.17) is 0 Å². The normalized spacial score (nSPS) is 22.6. The molecule has 1 aromatic heterocycles. The van der Waals surface area contributed by atoms with Gasteiger partial charge in [0.15, 0.2) is 0 Å². The quantitative estimate of drug-likeness (QED) is 0.847. The topological polar surface area (TPSA) is 66.3 Å². The average molecular weight is 395 g/mol. The third kappa shape index (κ3) is 3.94. The lowest BCUT2D eigenvalue weighted by atomic mass is 9.96. The van der Waals surface area contributed by atoms with Crippen molar-refractivity contribution in [2.75, 3.05) is 39.3 Å². The minimum absolute atomic E-state index is 0.256. The van der Waals surface area contributed by atoms with Crippen LogP contribution in [0.5, 0.6) is 0 Å². The van der Waals surface area contributed by atoms with E-state index in [1.54, 1.807) is 0 Å². The molecule has 0 aliphatic carbocycles. The number of amides is 1. The Labute approximate surface area is 172 Å². The van der Waals surface area contributed by atoms with E-state index < -0.39 is 0 Å². The molecule has 0 bridgehead atoms. The van der Waals surface area contributed by atoms with Gasteiger partial charge < -0.3 is 14.8 Å². The molecular formula is C22H30N6O. The second-order valence-electron chi connectivity index (χ2n) is 8.53. The van der Waals surface area contributed by atoms with E-state index in [0.717, 1.165) is 83.1 Å². The maximum absolute atomic E-state index is 13.1. The Kier molecular flexibility index (Phi) is 5.33. The summed E-state index contributed by atoms with van der Waals surface area (Å²) in [6.07, 6.45) is 4.09. The Bertz CT molecular complexity index is 878. The molecule has 154 valence electrons. The van der Waals surface area contributed by atoms with Crippen molar-refractivity contribution < 1.29 is 4.79 Å². The first-order chi connectivity index (χ1) is 14.3. The first kappa shape index (κ1) is 18.8. The third-order valence-corrected chi connectivity index (χ3v) is 6.60. The number of fused-ring (bicyclic) bond motifs is 2. The monoisotopic (exact) mass is 394 g/mol. The second kappa shape index (κ2) is 8.24. The van der Waals surface area contributed by atoms with Crippen LogP contribution in [-0.2, 0) is 30.7 Å². The Hall–Kier alpha value is -2.25. The van der Waals surface area contributed by atoms with Gasteiger partial charge in [0.05, 0.1) is 6.54 Å². The molecule has 4 heterocycles. The van der Waals surface area contributed by atoms with Crippen molar-refractivity contribution in [2.45, 2.75) is 44.7 Å². The van der Waals surface area contributed by atoms with Crippen molar-refractivity contribution in [3.63, 3.8) is 0 Å². The third-order valence-electron chi connectivity index (χ3n) is 6.60. The van der Waals surface area contributed by atoms with Crippen LogP contribution in [0.2, 0.25) is 0 Å². The Morgan fingerprint density at radius 1 is 1.07 bits per heavy atom. The van der Waals surface area contributed by atoms with Gasteiger partial charge in [0.2, 0.25) is 5.91 Å². The summed E-state index contributed by atoms with van der Waals surface area (Å²) in [7, 11) is 0. The zero-order valence-electron chi connectivity index (χ0n) is 17.0. The highest BCUT2D eigenvalue weighted by molar-refractivity contribution is 5.78. The van der Waals surface area contributed by atoms with Crippen LogP contribution >= 0.6 is 0 Å². The van der Waals surface area contributed by atoms with Crippen molar-refractivity contribution >= 4 is 5.91 Å². The molecule has 1 N–H and O–H groups in total. The highest BCUT2D eigenvalue weighted by Gasteiger charge is 2.30. The molecule has 29 heavy (non-hydrogen) atoms. The molecule has 0 radical (unpaired) electrons. The fraction of sp³-hybridized carbons (Fsp3) is 0.591. The molecule has 0 unspecified atom stereocenters. The lowest BCUT2D eigenvalue weighted by Crippen LogP contribution is -2.46. The summed E-state index contributed by atoms with van der Waals surface area (Å²) in [6, 6.07) is 8.60. The van der Waals surface area contributed by atoms with Crippen LogP contribution in [0.4, 0.5) is 0 Å². The van der Waals surface area contributed by atoms with Crippen LogP contribution < -0.4 is 5.32 Å². The molecule has 2 aromatic rings. The van der Waals surface area contributed by atoms with Crippen molar-refractivity contribution in [1.29, 1.82) is 0 Å². The van der Waals surface area contributed by atoms with E-state index in [1.807, 2.05) is 0 Å². The number of carbonyl (C=O) groups excluding carboxylic acids is 1. The van der Waals surface area contributed by atoms with Gasteiger partial charge in [-0.2, -0.15) is 0 Å². The summed E-state index contributed by atoms with van der Waals surface area (Å²) in [5.74, 6) is 2.72. The Morgan fingerprint density at radius 2 is 1.97 bits per heavy atom. The fourth-order valence-electron chi connectivity index (χ4n) is 4.99. The summed E-state index contributed by atoms with van der Waals surface area (Å²) >= 11 is 0. The molecule has 5 rings (SSSR count). The minimum Gasteiger partial charge on any atom is -0.341 e. The SMILES string of the molecule is O=C(CN1CCc2ccccc2C1)N1CCC[C@@H](c2nnc3n2CCNCC3)C1. The zero-order valence-corrected chi connectivity index (χ0v) is 17.0. The first-order valence-corrected chi connectivity index (χ1v) is 11.0. The molecule has 3 aliphatic heterocycles. The summed E-state index contributed by atoms with van der Waals surface area (Å²) in [6.45, 7) is 6.85. The van der Waals surface area contributed by atoms with Crippen molar-refractivity contribution in [2.24, 2.45) is 0 Å². The van der Waals surface area contributed by atoms with Gasteiger partial charge in [0, 0.05) is 58.2 Å². The van der Waals surface area contributed by atoms with Gasteiger partial charge in [-0.3, -0.25) is 9.69 Å². The number of rotatable bonds is 3. The van der Waals surface area contributed by atoms with Crippen LogP contribution in [0.15, 0.2) is 24.3 Å². The molecule has 1 aromatic carbocycles. The summed E-state index contributed by atoms with van der Waals surface area (Å²) in [5.41, 5.74) is 2.79. The molecule has 1 atom stereocenters. The average Bonchev–Trinajstić information content (AvgIpc) is 3.02.